The zero-order chi connectivity index (χ0) is 13.8. The van der Waals surface area contributed by atoms with Crippen LogP contribution in [0.25, 0.3) is 0 Å². The van der Waals surface area contributed by atoms with Crippen molar-refractivity contribution >= 4 is 0 Å². The molecule has 3 rings (SSSR count). The Hall–Kier alpha value is -1.26. The van der Waals surface area contributed by atoms with Crippen LogP contribution in [0.1, 0.15) is 25.3 Å². The van der Waals surface area contributed by atoms with E-state index < -0.39 is 0 Å². The highest BCUT2D eigenvalue weighted by Crippen LogP contribution is 2.33. The van der Waals surface area contributed by atoms with E-state index >= 15 is 0 Å². The zero-order valence-corrected chi connectivity index (χ0v) is 12.2. The molecule has 0 amide bonds. The second-order valence-electron chi connectivity index (χ2n) is 5.53. The normalized spacial score (nSPS) is 20.1. The molecule has 0 bridgehead atoms. The Labute approximate surface area is 121 Å². The van der Waals surface area contributed by atoms with Crippen molar-refractivity contribution in [2.45, 2.75) is 32.4 Å². The standard InChI is InChI=1S/C16H24N2O2/c1-2-18-8-6-14(7-9-18)17-12-13-4-3-5-15-16(13)20-11-10-19-15/h3-5,14,17H,2,6-12H2,1H3. The summed E-state index contributed by atoms with van der Waals surface area (Å²) in [6, 6.07) is 6.78. The van der Waals surface area contributed by atoms with Crippen LogP contribution in [0.5, 0.6) is 11.5 Å². The third-order valence-electron chi connectivity index (χ3n) is 4.26. The van der Waals surface area contributed by atoms with Crippen molar-refractivity contribution in [2.24, 2.45) is 0 Å². The van der Waals surface area contributed by atoms with E-state index in [1.807, 2.05) is 12.1 Å². The van der Waals surface area contributed by atoms with Gasteiger partial charge >= 0.3 is 0 Å². The first-order chi connectivity index (χ1) is 9.86. The summed E-state index contributed by atoms with van der Waals surface area (Å²) in [7, 11) is 0. The van der Waals surface area contributed by atoms with Crippen molar-refractivity contribution in [1.82, 2.24) is 10.2 Å². The number of piperidine rings is 1. The molecule has 4 heteroatoms. The fourth-order valence-corrected chi connectivity index (χ4v) is 2.98. The summed E-state index contributed by atoms with van der Waals surface area (Å²) >= 11 is 0. The summed E-state index contributed by atoms with van der Waals surface area (Å²) in [5.41, 5.74) is 1.21. The summed E-state index contributed by atoms with van der Waals surface area (Å²) in [5.74, 6) is 1.81. The fourth-order valence-electron chi connectivity index (χ4n) is 2.98. The van der Waals surface area contributed by atoms with Crippen LogP contribution in [-0.2, 0) is 6.54 Å². The molecular weight excluding hydrogens is 252 g/mol. The number of fused-ring (bicyclic) bond motifs is 1. The number of nitrogens with one attached hydrogen (secondary N) is 1. The average molecular weight is 276 g/mol. The van der Waals surface area contributed by atoms with Gasteiger partial charge in [0.05, 0.1) is 0 Å². The molecule has 0 unspecified atom stereocenters. The van der Waals surface area contributed by atoms with Crippen LogP contribution in [0.15, 0.2) is 18.2 Å². The van der Waals surface area contributed by atoms with Gasteiger partial charge in [-0.15, -0.1) is 0 Å². The molecule has 4 nitrogen and oxygen atoms in total. The highest BCUT2D eigenvalue weighted by Gasteiger charge is 2.19. The Morgan fingerprint density at radius 2 is 2.00 bits per heavy atom. The summed E-state index contributed by atoms with van der Waals surface area (Å²) in [6.07, 6.45) is 2.47. The number of benzene rings is 1. The quantitative estimate of drug-likeness (QED) is 0.912. The van der Waals surface area contributed by atoms with E-state index in [-0.39, 0.29) is 0 Å². The molecule has 0 atom stereocenters. The monoisotopic (exact) mass is 276 g/mol. The van der Waals surface area contributed by atoms with Crippen molar-refractivity contribution in [1.29, 1.82) is 0 Å². The van der Waals surface area contributed by atoms with Gasteiger partial charge in [0.2, 0.25) is 0 Å². The number of likely N-dealkylation sites (tertiary alicyclic amines) is 1. The zero-order valence-electron chi connectivity index (χ0n) is 12.2. The Bertz CT molecular complexity index is 442. The molecule has 0 spiro atoms. The third kappa shape index (κ3) is 3.07. The van der Waals surface area contributed by atoms with Gasteiger partial charge in [0, 0.05) is 18.2 Å². The predicted molar refractivity (Wildman–Crippen MR) is 79.4 cm³/mol. The van der Waals surface area contributed by atoms with Crippen molar-refractivity contribution in [3.05, 3.63) is 23.8 Å². The van der Waals surface area contributed by atoms with E-state index in [4.69, 9.17) is 9.47 Å². The third-order valence-corrected chi connectivity index (χ3v) is 4.26. The van der Waals surface area contributed by atoms with E-state index in [0.29, 0.717) is 19.3 Å². The molecule has 1 N–H and O–H groups in total. The van der Waals surface area contributed by atoms with Crippen LogP contribution in [0.4, 0.5) is 0 Å². The second kappa shape index (κ2) is 6.46. The van der Waals surface area contributed by atoms with Crippen LogP contribution in [-0.4, -0.2) is 43.8 Å². The van der Waals surface area contributed by atoms with Gasteiger partial charge < -0.3 is 19.7 Å². The molecule has 20 heavy (non-hydrogen) atoms. The summed E-state index contributed by atoms with van der Waals surface area (Å²) in [4.78, 5) is 2.51. The van der Waals surface area contributed by atoms with Gasteiger partial charge in [-0.25, -0.2) is 0 Å². The van der Waals surface area contributed by atoms with Gasteiger partial charge in [0.15, 0.2) is 11.5 Å². The molecule has 2 aliphatic heterocycles. The largest absolute Gasteiger partial charge is 0.486 e. The Balaban J connectivity index is 1.56. The van der Waals surface area contributed by atoms with Crippen LogP contribution < -0.4 is 14.8 Å². The molecule has 0 aliphatic carbocycles. The minimum Gasteiger partial charge on any atom is -0.486 e. The van der Waals surface area contributed by atoms with Gasteiger partial charge in [-0.3, -0.25) is 0 Å². The molecule has 1 fully saturated rings. The maximum absolute atomic E-state index is 5.76. The molecule has 1 saturated heterocycles. The van der Waals surface area contributed by atoms with Gasteiger partial charge in [0.25, 0.3) is 0 Å². The highest BCUT2D eigenvalue weighted by molar-refractivity contribution is 5.47. The Morgan fingerprint density at radius 1 is 1.20 bits per heavy atom. The SMILES string of the molecule is CCN1CCC(NCc2cccc3c2OCCO3)CC1. The molecule has 1 aromatic carbocycles. The minimum atomic E-state index is 0.623. The molecule has 0 radical (unpaired) electrons. The number of hydrogen-bond donors (Lipinski definition) is 1. The lowest BCUT2D eigenvalue weighted by atomic mass is 10.0. The second-order valence-corrected chi connectivity index (χ2v) is 5.53. The van der Waals surface area contributed by atoms with Crippen LogP contribution in [0.3, 0.4) is 0 Å². The number of nitrogens with zero attached hydrogens (tertiary/aromatic N) is 1. The van der Waals surface area contributed by atoms with Crippen LogP contribution in [0.2, 0.25) is 0 Å². The molecule has 2 heterocycles. The first kappa shape index (κ1) is 13.7. The summed E-state index contributed by atoms with van der Waals surface area (Å²) in [6.45, 7) is 7.99. The Morgan fingerprint density at radius 3 is 2.80 bits per heavy atom. The number of rotatable bonds is 4. The molecular formula is C16H24N2O2. The number of ether oxygens (including phenoxy) is 2. The smallest absolute Gasteiger partial charge is 0.165 e. The summed E-state index contributed by atoms with van der Waals surface area (Å²) in [5, 5.41) is 3.67. The molecule has 110 valence electrons. The number of hydrogen-bond acceptors (Lipinski definition) is 4. The van der Waals surface area contributed by atoms with E-state index in [1.54, 1.807) is 0 Å². The maximum atomic E-state index is 5.76. The van der Waals surface area contributed by atoms with E-state index in [9.17, 15) is 0 Å². The van der Waals surface area contributed by atoms with Crippen molar-refractivity contribution in [2.75, 3.05) is 32.8 Å². The Kier molecular flexibility index (Phi) is 4.43. The maximum Gasteiger partial charge on any atom is 0.165 e. The first-order valence-corrected chi connectivity index (χ1v) is 7.70. The minimum absolute atomic E-state index is 0.623. The van der Waals surface area contributed by atoms with Crippen molar-refractivity contribution in [3.63, 3.8) is 0 Å². The van der Waals surface area contributed by atoms with E-state index in [2.05, 4.69) is 23.2 Å². The first-order valence-electron chi connectivity index (χ1n) is 7.70. The van der Waals surface area contributed by atoms with Crippen LogP contribution in [0, 0.1) is 0 Å². The van der Waals surface area contributed by atoms with Gasteiger partial charge in [-0.2, -0.15) is 0 Å². The van der Waals surface area contributed by atoms with Gasteiger partial charge in [-0.05, 0) is 38.5 Å². The van der Waals surface area contributed by atoms with Crippen molar-refractivity contribution in [3.8, 4) is 11.5 Å². The topological polar surface area (TPSA) is 33.7 Å². The summed E-state index contributed by atoms with van der Waals surface area (Å²) < 4.78 is 11.4. The molecule has 1 aromatic rings. The molecule has 0 saturated carbocycles. The van der Waals surface area contributed by atoms with Gasteiger partial charge in [-0.1, -0.05) is 19.1 Å². The number of para-hydroxylation sites is 1. The molecule has 2 aliphatic rings. The highest BCUT2D eigenvalue weighted by atomic mass is 16.6. The predicted octanol–water partition coefficient (Wildman–Crippen LogP) is 2.03. The lowest BCUT2D eigenvalue weighted by Crippen LogP contribution is -2.42. The fraction of sp³-hybridized carbons (Fsp3) is 0.625. The average Bonchev–Trinajstić information content (AvgIpc) is 2.53. The van der Waals surface area contributed by atoms with Crippen molar-refractivity contribution < 1.29 is 9.47 Å². The van der Waals surface area contributed by atoms with Gasteiger partial charge in [0.1, 0.15) is 13.2 Å². The van der Waals surface area contributed by atoms with Crippen LogP contribution >= 0.6 is 0 Å². The van der Waals surface area contributed by atoms with E-state index in [0.717, 1.165) is 18.0 Å². The molecule has 0 aromatic heterocycles. The lowest BCUT2D eigenvalue weighted by molar-refractivity contribution is 0.168. The van der Waals surface area contributed by atoms with E-state index in [1.165, 1.54) is 38.0 Å². The lowest BCUT2D eigenvalue weighted by Gasteiger charge is -2.31.